The van der Waals surface area contributed by atoms with Crippen molar-refractivity contribution in [1.82, 2.24) is 0 Å². The van der Waals surface area contributed by atoms with E-state index in [9.17, 15) is 9.90 Å². The number of hydrogen-bond donors (Lipinski definition) is 1. The van der Waals surface area contributed by atoms with E-state index in [1.165, 1.54) is 19.3 Å². The minimum absolute atomic E-state index is 0.000297. The van der Waals surface area contributed by atoms with Gasteiger partial charge in [0.15, 0.2) is 11.9 Å². The molecule has 0 bridgehead atoms. The lowest BCUT2D eigenvalue weighted by atomic mass is 9.78. The van der Waals surface area contributed by atoms with Gasteiger partial charge < -0.3 is 9.84 Å². The highest BCUT2D eigenvalue weighted by molar-refractivity contribution is 5.86. The molecule has 2 unspecified atom stereocenters. The normalized spacial score (nSPS) is 23.4. The summed E-state index contributed by atoms with van der Waals surface area (Å²) in [6.07, 6.45) is 7.83. The molecule has 132 valence electrons. The van der Waals surface area contributed by atoms with Crippen LogP contribution in [0.2, 0.25) is 0 Å². The summed E-state index contributed by atoms with van der Waals surface area (Å²) in [5.74, 6) is 1.27. The molecule has 1 N–H and O–H groups in total. The lowest BCUT2D eigenvalue weighted by Crippen LogP contribution is -2.27. The lowest BCUT2D eigenvalue weighted by molar-refractivity contribution is -0.125. The molecule has 1 aromatic carbocycles. The third kappa shape index (κ3) is 3.18. The van der Waals surface area contributed by atoms with Crippen LogP contribution in [0.1, 0.15) is 89.2 Å². The molecular formula is C21H30O3. The van der Waals surface area contributed by atoms with E-state index in [0.29, 0.717) is 12.2 Å². The van der Waals surface area contributed by atoms with E-state index in [1.807, 2.05) is 6.07 Å². The summed E-state index contributed by atoms with van der Waals surface area (Å²) in [6, 6.07) is 3.98. The van der Waals surface area contributed by atoms with E-state index in [1.54, 1.807) is 0 Å². The SMILES string of the molecule is CCCCCC(C)(C)c1cc(O)c2c(c1)OC1C(=O)CCCCC21. The van der Waals surface area contributed by atoms with Crippen molar-refractivity contribution < 1.29 is 14.6 Å². The molecule has 1 saturated carbocycles. The van der Waals surface area contributed by atoms with Crippen molar-refractivity contribution in [3.63, 3.8) is 0 Å². The van der Waals surface area contributed by atoms with E-state index in [2.05, 4.69) is 26.8 Å². The van der Waals surface area contributed by atoms with Gasteiger partial charge in [0.1, 0.15) is 11.5 Å². The second-order valence-corrected chi connectivity index (χ2v) is 8.11. The first-order valence-corrected chi connectivity index (χ1v) is 9.51. The molecule has 1 heterocycles. The van der Waals surface area contributed by atoms with Crippen LogP contribution in [0, 0.1) is 0 Å². The van der Waals surface area contributed by atoms with E-state index in [0.717, 1.165) is 42.6 Å². The standard InChI is InChI=1S/C21H30O3/c1-4-5-8-11-21(2,3)14-12-17(23)19-15-9-6-7-10-16(22)20(15)24-18(19)13-14/h12-13,15,20,23H,4-11H2,1-3H3. The van der Waals surface area contributed by atoms with Crippen LogP contribution in [0.5, 0.6) is 11.5 Å². The number of hydrogen-bond acceptors (Lipinski definition) is 3. The van der Waals surface area contributed by atoms with Gasteiger partial charge in [-0.15, -0.1) is 0 Å². The molecule has 1 aliphatic carbocycles. The highest BCUT2D eigenvalue weighted by atomic mass is 16.5. The fraction of sp³-hybridized carbons (Fsp3) is 0.667. The fourth-order valence-electron chi connectivity index (χ4n) is 4.20. The summed E-state index contributed by atoms with van der Waals surface area (Å²) >= 11 is 0. The molecule has 0 radical (unpaired) electrons. The molecule has 2 atom stereocenters. The van der Waals surface area contributed by atoms with Crippen molar-refractivity contribution in [2.24, 2.45) is 0 Å². The Balaban J connectivity index is 1.89. The quantitative estimate of drug-likeness (QED) is 0.751. The van der Waals surface area contributed by atoms with Gasteiger partial charge >= 0.3 is 0 Å². The monoisotopic (exact) mass is 330 g/mol. The predicted molar refractivity (Wildman–Crippen MR) is 95.9 cm³/mol. The van der Waals surface area contributed by atoms with Crippen molar-refractivity contribution >= 4 is 5.78 Å². The Kier molecular flexibility index (Phi) is 4.89. The highest BCUT2D eigenvalue weighted by Gasteiger charge is 2.42. The molecule has 0 saturated heterocycles. The summed E-state index contributed by atoms with van der Waals surface area (Å²) in [5.41, 5.74) is 1.97. The Bertz CT molecular complexity index is 618. The number of rotatable bonds is 5. The summed E-state index contributed by atoms with van der Waals surface area (Å²) in [4.78, 5) is 12.3. The van der Waals surface area contributed by atoms with Crippen molar-refractivity contribution in [2.75, 3.05) is 0 Å². The average molecular weight is 330 g/mol. The Morgan fingerprint density at radius 1 is 1.25 bits per heavy atom. The Morgan fingerprint density at radius 2 is 2.04 bits per heavy atom. The van der Waals surface area contributed by atoms with Gasteiger partial charge in [-0.25, -0.2) is 0 Å². The number of benzene rings is 1. The highest BCUT2D eigenvalue weighted by Crippen LogP contribution is 2.49. The zero-order chi connectivity index (χ0) is 17.3. The van der Waals surface area contributed by atoms with Crippen molar-refractivity contribution in [2.45, 2.75) is 89.6 Å². The van der Waals surface area contributed by atoms with Gasteiger partial charge in [-0.2, -0.15) is 0 Å². The summed E-state index contributed by atoms with van der Waals surface area (Å²) in [6.45, 7) is 6.66. The van der Waals surface area contributed by atoms with E-state index in [4.69, 9.17) is 4.74 Å². The number of ether oxygens (including phenoxy) is 1. The average Bonchev–Trinajstić information content (AvgIpc) is 2.81. The number of unbranched alkanes of at least 4 members (excludes halogenated alkanes) is 2. The summed E-state index contributed by atoms with van der Waals surface area (Å²) in [5, 5.41) is 10.7. The third-order valence-corrected chi connectivity index (χ3v) is 5.80. The second kappa shape index (κ2) is 6.78. The molecule has 1 aromatic rings. The van der Waals surface area contributed by atoms with Crippen LogP contribution < -0.4 is 4.74 Å². The molecule has 24 heavy (non-hydrogen) atoms. The van der Waals surface area contributed by atoms with Gasteiger partial charge in [0, 0.05) is 17.9 Å². The van der Waals surface area contributed by atoms with Crippen molar-refractivity contribution in [3.05, 3.63) is 23.3 Å². The van der Waals surface area contributed by atoms with Crippen LogP contribution in [-0.4, -0.2) is 17.0 Å². The predicted octanol–water partition coefficient (Wildman–Crippen LogP) is 5.24. The number of phenols is 1. The van der Waals surface area contributed by atoms with Crippen LogP contribution in [0.15, 0.2) is 12.1 Å². The first-order valence-electron chi connectivity index (χ1n) is 9.51. The zero-order valence-corrected chi connectivity index (χ0v) is 15.2. The molecule has 3 nitrogen and oxygen atoms in total. The number of phenolic OH excluding ortho intramolecular Hbond substituents is 1. The van der Waals surface area contributed by atoms with Gasteiger partial charge in [0.05, 0.1) is 0 Å². The molecule has 3 heteroatoms. The van der Waals surface area contributed by atoms with Gasteiger partial charge in [-0.3, -0.25) is 4.79 Å². The van der Waals surface area contributed by atoms with Crippen LogP contribution in [0.3, 0.4) is 0 Å². The summed E-state index contributed by atoms with van der Waals surface area (Å²) < 4.78 is 6.04. The lowest BCUT2D eigenvalue weighted by Gasteiger charge is -2.26. The number of fused-ring (bicyclic) bond motifs is 3. The van der Waals surface area contributed by atoms with Crippen LogP contribution in [0.25, 0.3) is 0 Å². The minimum atomic E-state index is -0.383. The molecule has 0 amide bonds. The molecule has 0 spiro atoms. The van der Waals surface area contributed by atoms with E-state index >= 15 is 0 Å². The Hall–Kier alpha value is -1.51. The second-order valence-electron chi connectivity index (χ2n) is 8.11. The molecule has 2 aliphatic rings. The minimum Gasteiger partial charge on any atom is -0.508 e. The van der Waals surface area contributed by atoms with Gasteiger partial charge in [-0.1, -0.05) is 46.5 Å². The number of aromatic hydroxyl groups is 1. The topological polar surface area (TPSA) is 46.5 Å². The molecule has 3 rings (SSSR count). The third-order valence-electron chi connectivity index (χ3n) is 5.80. The number of carbonyl (C=O) groups excluding carboxylic acids is 1. The number of Topliss-reactive ketones (excluding diaryl/α,β-unsaturated/α-hetero) is 1. The van der Waals surface area contributed by atoms with Crippen LogP contribution >= 0.6 is 0 Å². The number of ketones is 1. The molecular weight excluding hydrogens is 300 g/mol. The maximum atomic E-state index is 12.3. The van der Waals surface area contributed by atoms with Gasteiger partial charge in [0.2, 0.25) is 0 Å². The molecule has 0 aromatic heterocycles. The first kappa shape index (κ1) is 17.3. The maximum absolute atomic E-state index is 12.3. The van der Waals surface area contributed by atoms with Crippen molar-refractivity contribution in [1.29, 1.82) is 0 Å². The van der Waals surface area contributed by atoms with E-state index in [-0.39, 0.29) is 23.2 Å². The largest absolute Gasteiger partial charge is 0.508 e. The van der Waals surface area contributed by atoms with Crippen LogP contribution in [-0.2, 0) is 10.2 Å². The maximum Gasteiger partial charge on any atom is 0.173 e. The fourth-order valence-corrected chi connectivity index (χ4v) is 4.20. The summed E-state index contributed by atoms with van der Waals surface area (Å²) in [7, 11) is 0. The van der Waals surface area contributed by atoms with Crippen LogP contribution in [0.4, 0.5) is 0 Å². The molecule has 1 fully saturated rings. The first-order chi connectivity index (χ1) is 11.4. The number of carbonyl (C=O) groups is 1. The van der Waals surface area contributed by atoms with E-state index < -0.39 is 0 Å². The zero-order valence-electron chi connectivity index (χ0n) is 15.2. The van der Waals surface area contributed by atoms with Gasteiger partial charge in [-0.05, 0) is 42.4 Å². The smallest absolute Gasteiger partial charge is 0.173 e. The Morgan fingerprint density at radius 3 is 2.79 bits per heavy atom. The van der Waals surface area contributed by atoms with Crippen molar-refractivity contribution in [3.8, 4) is 11.5 Å². The van der Waals surface area contributed by atoms with Gasteiger partial charge in [0.25, 0.3) is 0 Å². The molecule has 1 aliphatic heterocycles. The Labute approximate surface area is 145 Å².